The van der Waals surface area contributed by atoms with E-state index in [1.807, 2.05) is 13.0 Å². The molecular weight excluding hydrogens is 328 g/mol. The van der Waals surface area contributed by atoms with E-state index in [-0.39, 0.29) is 18.1 Å². The SMILES string of the molecule is CCOC(=O)/C(=C/c1ccc([N+](=O)[O-])o1)NC(=O)c1cccc(C)c1. The van der Waals surface area contributed by atoms with Crippen molar-refractivity contribution in [3.05, 3.63) is 69.1 Å². The minimum atomic E-state index is -0.775. The van der Waals surface area contributed by atoms with Gasteiger partial charge in [-0.3, -0.25) is 14.9 Å². The maximum Gasteiger partial charge on any atom is 0.433 e. The zero-order chi connectivity index (χ0) is 18.4. The average Bonchev–Trinajstić information content (AvgIpc) is 3.03. The summed E-state index contributed by atoms with van der Waals surface area (Å²) < 4.78 is 9.87. The van der Waals surface area contributed by atoms with E-state index in [0.29, 0.717) is 5.56 Å². The first-order valence-corrected chi connectivity index (χ1v) is 7.41. The van der Waals surface area contributed by atoms with Crippen LogP contribution in [0.25, 0.3) is 6.08 Å². The van der Waals surface area contributed by atoms with E-state index < -0.39 is 22.7 Å². The minimum absolute atomic E-state index is 0.0410. The van der Waals surface area contributed by atoms with Gasteiger partial charge in [0.1, 0.15) is 16.4 Å². The van der Waals surface area contributed by atoms with E-state index in [2.05, 4.69) is 5.32 Å². The average molecular weight is 344 g/mol. The number of nitrogens with zero attached hydrogens (tertiary/aromatic N) is 1. The van der Waals surface area contributed by atoms with Gasteiger partial charge in [-0.05, 0) is 32.0 Å². The normalized spacial score (nSPS) is 11.0. The first-order chi connectivity index (χ1) is 11.9. The summed E-state index contributed by atoms with van der Waals surface area (Å²) in [5.41, 5.74) is 1.06. The van der Waals surface area contributed by atoms with Gasteiger partial charge >= 0.3 is 11.9 Å². The molecule has 1 aromatic carbocycles. The lowest BCUT2D eigenvalue weighted by Crippen LogP contribution is -2.28. The molecular formula is C17H16N2O6. The molecule has 2 rings (SSSR count). The van der Waals surface area contributed by atoms with Crippen molar-refractivity contribution in [3.63, 3.8) is 0 Å². The molecule has 0 radical (unpaired) electrons. The molecule has 8 nitrogen and oxygen atoms in total. The summed E-state index contributed by atoms with van der Waals surface area (Å²) in [6, 6.07) is 9.28. The lowest BCUT2D eigenvalue weighted by molar-refractivity contribution is -0.402. The van der Waals surface area contributed by atoms with Gasteiger partial charge in [0.2, 0.25) is 0 Å². The molecule has 0 aliphatic heterocycles. The first-order valence-electron chi connectivity index (χ1n) is 7.41. The van der Waals surface area contributed by atoms with Crippen LogP contribution >= 0.6 is 0 Å². The Hall–Kier alpha value is -3.42. The van der Waals surface area contributed by atoms with E-state index in [1.165, 1.54) is 12.1 Å². The number of benzene rings is 1. The van der Waals surface area contributed by atoms with Crippen LogP contribution in [0.5, 0.6) is 0 Å². The van der Waals surface area contributed by atoms with Crippen LogP contribution in [0.4, 0.5) is 5.88 Å². The number of nitrogens with one attached hydrogen (secondary N) is 1. The van der Waals surface area contributed by atoms with Gasteiger partial charge in [-0.25, -0.2) is 4.79 Å². The summed E-state index contributed by atoms with van der Waals surface area (Å²) in [4.78, 5) is 34.3. The van der Waals surface area contributed by atoms with Gasteiger partial charge in [0, 0.05) is 11.6 Å². The van der Waals surface area contributed by atoms with Crippen molar-refractivity contribution >= 4 is 23.8 Å². The molecule has 2 aromatic rings. The number of ether oxygens (including phenoxy) is 1. The van der Waals surface area contributed by atoms with Crippen LogP contribution < -0.4 is 5.32 Å². The van der Waals surface area contributed by atoms with Crippen LogP contribution in [0.2, 0.25) is 0 Å². The molecule has 0 atom stereocenters. The van der Waals surface area contributed by atoms with Gasteiger partial charge in [-0.2, -0.15) is 0 Å². The topological polar surface area (TPSA) is 112 Å². The Morgan fingerprint density at radius 2 is 2.08 bits per heavy atom. The van der Waals surface area contributed by atoms with E-state index in [4.69, 9.17) is 9.15 Å². The van der Waals surface area contributed by atoms with E-state index >= 15 is 0 Å². The van der Waals surface area contributed by atoms with Crippen molar-refractivity contribution < 1.29 is 23.7 Å². The highest BCUT2D eigenvalue weighted by Gasteiger charge is 2.18. The predicted octanol–water partition coefficient (Wildman–Crippen LogP) is 2.83. The molecule has 0 aliphatic carbocycles. The number of aryl methyl sites for hydroxylation is 1. The van der Waals surface area contributed by atoms with Gasteiger partial charge in [-0.15, -0.1) is 0 Å². The molecule has 0 fully saturated rings. The molecule has 8 heteroatoms. The second-order valence-corrected chi connectivity index (χ2v) is 5.04. The molecule has 1 N–H and O–H groups in total. The highest BCUT2D eigenvalue weighted by molar-refractivity contribution is 6.03. The van der Waals surface area contributed by atoms with Gasteiger partial charge in [-0.1, -0.05) is 17.7 Å². The van der Waals surface area contributed by atoms with Crippen molar-refractivity contribution in [3.8, 4) is 0 Å². The van der Waals surface area contributed by atoms with Crippen molar-refractivity contribution in [1.82, 2.24) is 5.32 Å². The maximum atomic E-state index is 12.3. The lowest BCUT2D eigenvalue weighted by atomic mass is 10.1. The van der Waals surface area contributed by atoms with Gasteiger partial charge in [0.15, 0.2) is 0 Å². The van der Waals surface area contributed by atoms with Crippen LogP contribution in [0.1, 0.15) is 28.6 Å². The number of nitro groups is 1. The molecule has 0 bridgehead atoms. The third kappa shape index (κ3) is 4.77. The quantitative estimate of drug-likeness (QED) is 0.373. The highest BCUT2D eigenvalue weighted by atomic mass is 16.6. The summed E-state index contributed by atoms with van der Waals surface area (Å²) >= 11 is 0. The fourth-order valence-electron chi connectivity index (χ4n) is 2.00. The van der Waals surface area contributed by atoms with Crippen LogP contribution in [0.15, 0.2) is 46.5 Å². The van der Waals surface area contributed by atoms with Gasteiger partial charge in [0.25, 0.3) is 5.91 Å². The lowest BCUT2D eigenvalue weighted by Gasteiger charge is -2.09. The second kappa shape index (κ2) is 7.91. The zero-order valence-corrected chi connectivity index (χ0v) is 13.6. The molecule has 0 unspecified atom stereocenters. The summed E-state index contributed by atoms with van der Waals surface area (Å²) in [6.07, 6.45) is 1.18. The number of rotatable bonds is 6. The molecule has 25 heavy (non-hydrogen) atoms. The molecule has 0 aliphatic rings. The third-order valence-corrected chi connectivity index (χ3v) is 3.10. The molecule has 130 valence electrons. The number of carbonyl (C=O) groups is 2. The predicted molar refractivity (Wildman–Crippen MR) is 88.6 cm³/mol. The Morgan fingerprint density at radius 3 is 2.68 bits per heavy atom. The van der Waals surface area contributed by atoms with Crippen molar-refractivity contribution in [2.75, 3.05) is 6.61 Å². The summed E-state index contributed by atoms with van der Waals surface area (Å²) in [5.74, 6) is -1.72. The Bertz CT molecular complexity index is 837. The Balaban J connectivity index is 2.28. The minimum Gasteiger partial charge on any atom is -0.461 e. The van der Waals surface area contributed by atoms with Gasteiger partial charge < -0.3 is 14.5 Å². The Morgan fingerprint density at radius 1 is 1.32 bits per heavy atom. The van der Waals surface area contributed by atoms with Crippen LogP contribution in [0.3, 0.4) is 0 Å². The maximum absolute atomic E-state index is 12.3. The summed E-state index contributed by atoms with van der Waals surface area (Å²) in [7, 11) is 0. The smallest absolute Gasteiger partial charge is 0.433 e. The third-order valence-electron chi connectivity index (χ3n) is 3.10. The highest BCUT2D eigenvalue weighted by Crippen LogP contribution is 2.18. The van der Waals surface area contributed by atoms with Crippen LogP contribution in [-0.2, 0) is 9.53 Å². The molecule has 0 saturated carbocycles. The standard InChI is InChI=1S/C17H16N2O6/c1-3-24-17(21)14(10-13-7-8-15(25-13)19(22)23)18-16(20)12-6-4-5-11(2)9-12/h4-10H,3H2,1-2H3,(H,18,20)/b14-10-. The molecule has 0 spiro atoms. The number of esters is 1. The molecule has 1 amide bonds. The molecule has 1 aromatic heterocycles. The fourth-order valence-corrected chi connectivity index (χ4v) is 2.00. The van der Waals surface area contributed by atoms with E-state index in [1.54, 1.807) is 25.1 Å². The summed E-state index contributed by atoms with van der Waals surface area (Å²) in [5, 5.41) is 13.1. The molecule has 0 saturated heterocycles. The fraction of sp³-hybridized carbons (Fsp3) is 0.176. The number of hydrogen-bond donors (Lipinski definition) is 1. The van der Waals surface area contributed by atoms with E-state index in [0.717, 1.165) is 11.6 Å². The van der Waals surface area contributed by atoms with Crippen molar-refractivity contribution in [2.45, 2.75) is 13.8 Å². The molecule has 1 heterocycles. The van der Waals surface area contributed by atoms with Crippen molar-refractivity contribution in [1.29, 1.82) is 0 Å². The number of hydrogen-bond acceptors (Lipinski definition) is 6. The summed E-state index contributed by atoms with van der Waals surface area (Å²) in [6.45, 7) is 3.56. The monoisotopic (exact) mass is 344 g/mol. The van der Waals surface area contributed by atoms with Crippen molar-refractivity contribution in [2.24, 2.45) is 0 Å². The van der Waals surface area contributed by atoms with Crippen LogP contribution in [-0.4, -0.2) is 23.4 Å². The number of amides is 1. The van der Waals surface area contributed by atoms with Gasteiger partial charge in [0.05, 0.1) is 12.7 Å². The largest absolute Gasteiger partial charge is 0.461 e. The number of furan rings is 1. The first kappa shape index (κ1) is 17.9. The second-order valence-electron chi connectivity index (χ2n) is 5.04. The van der Waals surface area contributed by atoms with Crippen LogP contribution in [0, 0.1) is 17.0 Å². The number of carbonyl (C=O) groups excluding carboxylic acids is 2. The zero-order valence-electron chi connectivity index (χ0n) is 13.6. The van der Waals surface area contributed by atoms with E-state index in [9.17, 15) is 19.7 Å². The Labute approximate surface area is 143 Å². The Kier molecular flexibility index (Phi) is 5.67.